The van der Waals surface area contributed by atoms with Gasteiger partial charge in [-0.1, -0.05) is 17.7 Å². The van der Waals surface area contributed by atoms with Crippen LogP contribution >= 0.6 is 22.9 Å². The molecule has 2 rings (SSSR count). The zero-order chi connectivity index (χ0) is 16.8. The topological polar surface area (TPSA) is 76.7 Å². The summed E-state index contributed by atoms with van der Waals surface area (Å²) in [5.41, 5.74) is 0.407. The van der Waals surface area contributed by atoms with Gasteiger partial charge in [-0.25, -0.2) is 0 Å². The summed E-state index contributed by atoms with van der Waals surface area (Å²) in [6.07, 6.45) is 0. The van der Waals surface area contributed by atoms with Crippen LogP contribution in [0.3, 0.4) is 0 Å². The molecule has 23 heavy (non-hydrogen) atoms. The Balaban J connectivity index is 2.01. The zero-order valence-corrected chi connectivity index (χ0v) is 14.1. The van der Waals surface area contributed by atoms with Gasteiger partial charge in [-0.05, 0) is 11.4 Å². The summed E-state index contributed by atoms with van der Waals surface area (Å²) in [7, 11) is 2.94. The highest BCUT2D eigenvalue weighted by atomic mass is 35.5. The highest BCUT2D eigenvalue weighted by molar-refractivity contribution is 7.12. The van der Waals surface area contributed by atoms with E-state index in [0.29, 0.717) is 27.1 Å². The number of ether oxygens (including phenoxy) is 2. The van der Waals surface area contributed by atoms with Crippen LogP contribution in [-0.2, 0) is 4.79 Å². The highest BCUT2D eigenvalue weighted by Crippen LogP contribution is 2.35. The van der Waals surface area contributed by atoms with Gasteiger partial charge in [0, 0.05) is 12.1 Å². The SMILES string of the molecule is COc1cc(NC(=O)CNC(=O)c2cccs2)c(OC)cc1Cl. The third-order valence-corrected chi connectivity index (χ3v) is 4.07. The van der Waals surface area contributed by atoms with Crippen molar-refractivity contribution >= 4 is 40.4 Å². The van der Waals surface area contributed by atoms with Crippen LogP contribution in [0.5, 0.6) is 11.5 Å². The predicted molar refractivity (Wildman–Crippen MR) is 89.8 cm³/mol. The van der Waals surface area contributed by atoms with E-state index < -0.39 is 5.91 Å². The monoisotopic (exact) mass is 354 g/mol. The summed E-state index contributed by atoms with van der Waals surface area (Å²) in [5.74, 6) is 0.118. The molecule has 1 heterocycles. The van der Waals surface area contributed by atoms with Crippen molar-refractivity contribution in [3.05, 3.63) is 39.5 Å². The Morgan fingerprint density at radius 2 is 1.96 bits per heavy atom. The summed E-state index contributed by atoms with van der Waals surface area (Å²) in [5, 5.41) is 7.35. The Kier molecular flexibility index (Phi) is 5.84. The van der Waals surface area contributed by atoms with E-state index in [-0.39, 0.29) is 12.5 Å². The molecule has 0 saturated heterocycles. The largest absolute Gasteiger partial charge is 0.495 e. The van der Waals surface area contributed by atoms with Crippen LogP contribution in [0.15, 0.2) is 29.6 Å². The van der Waals surface area contributed by atoms with E-state index >= 15 is 0 Å². The minimum atomic E-state index is -0.391. The van der Waals surface area contributed by atoms with Crippen molar-refractivity contribution in [3.8, 4) is 11.5 Å². The Bertz CT molecular complexity index is 704. The lowest BCUT2D eigenvalue weighted by Crippen LogP contribution is -2.32. The van der Waals surface area contributed by atoms with Gasteiger partial charge in [0.25, 0.3) is 5.91 Å². The average Bonchev–Trinajstić information content (AvgIpc) is 3.08. The lowest BCUT2D eigenvalue weighted by molar-refractivity contribution is -0.115. The number of halogens is 1. The van der Waals surface area contributed by atoms with Crippen LogP contribution in [0, 0.1) is 0 Å². The Labute approximate surface area is 142 Å². The van der Waals surface area contributed by atoms with Crippen LogP contribution < -0.4 is 20.1 Å². The molecule has 6 nitrogen and oxygen atoms in total. The van der Waals surface area contributed by atoms with E-state index in [1.54, 1.807) is 29.6 Å². The smallest absolute Gasteiger partial charge is 0.261 e. The highest BCUT2D eigenvalue weighted by Gasteiger charge is 2.14. The molecule has 2 N–H and O–H groups in total. The van der Waals surface area contributed by atoms with E-state index in [4.69, 9.17) is 21.1 Å². The number of hydrogen-bond donors (Lipinski definition) is 2. The van der Waals surface area contributed by atoms with Crippen molar-refractivity contribution in [1.29, 1.82) is 0 Å². The second-order valence-corrected chi connectivity index (χ2v) is 5.75. The van der Waals surface area contributed by atoms with E-state index in [1.165, 1.54) is 25.6 Å². The molecule has 0 aliphatic heterocycles. The molecule has 0 radical (unpaired) electrons. The maximum absolute atomic E-state index is 12.0. The molecular weight excluding hydrogens is 340 g/mol. The van der Waals surface area contributed by atoms with Crippen molar-refractivity contribution in [2.75, 3.05) is 26.1 Å². The summed E-state index contributed by atoms with van der Waals surface area (Å²) < 4.78 is 10.3. The van der Waals surface area contributed by atoms with E-state index in [2.05, 4.69) is 10.6 Å². The van der Waals surface area contributed by atoms with Crippen LogP contribution in [-0.4, -0.2) is 32.6 Å². The quantitative estimate of drug-likeness (QED) is 0.836. The lowest BCUT2D eigenvalue weighted by Gasteiger charge is -2.13. The third kappa shape index (κ3) is 4.37. The number of carbonyl (C=O) groups excluding carboxylic acids is 2. The van der Waals surface area contributed by atoms with Gasteiger partial charge in [0.1, 0.15) is 11.5 Å². The van der Waals surface area contributed by atoms with Crippen molar-refractivity contribution in [3.63, 3.8) is 0 Å². The Morgan fingerprint density at radius 1 is 1.22 bits per heavy atom. The van der Waals surface area contributed by atoms with E-state index in [1.807, 2.05) is 0 Å². The van der Waals surface area contributed by atoms with Crippen LogP contribution in [0.2, 0.25) is 5.02 Å². The molecule has 1 aromatic heterocycles. The van der Waals surface area contributed by atoms with Crippen molar-refractivity contribution in [2.24, 2.45) is 0 Å². The number of amides is 2. The molecule has 0 unspecified atom stereocenters. The molecule has 0 aliphatic carbocycles. The molecule has 8 heteroatoms. The minimum Gasteiger partial charge on any atom is -0.495 e. The number of nitrogens with one attached hydrogen (secondary N) is 2. The molecule has 0 atom stereocenters. The Hall–Kier alpha value is -2.25. The lowest BCUT2D eigenvalue weighted by atomic mass is 10.2. The van der Waals surface area contributed by atoms with Gasteiger partial charge in [-0.2, -0.15) is 0 Å². The molecule has 2 aromatic rings. The fourth-order valence-corrected chi connectivity index (χ4v) is 2.68. The number of carbonyl (C=O) groups is 2. The first-order valence-electron chi connectivity index (χ1n) is 6.58. The summed E-state index contributed by atoms with van der Waals surface area (Å²) in [6.45, 7) is -0.162. The number of thiophene rings is 1. The summed E-state index contributed by atoms with van der Waals surface area (Å²) in [6, 6.07) is 6.55. The van der Waals surface area contributed by atoms with Gasteiger partial charge in [-0.15, -0.1) is 11.3 Å². The molecule has 0 saturated carbocycles. The summed E-state index contributed by atoms with van der Waals surface area (Å²) >= 11 is 7.31. The molecule has 0 spiro atoms. The van der Waals surface area contributed by atoms with Gasteiger partial charge in [0.2, 0.25) is 5.91 Å². The molecule has 0 fully saturated rings. The molecule has 1 aromatic carbocycles. The molecule has 2 amide bonds. The van der Waals surface area contributed by atoms with Gasteiger partial charge >= 0.3 is 0 Å². The minimum absolute atomic E-state index is 0.162. The normalized spacial score (nSPS) is 10.0. The number of anilines is 1. The maximum atomic E-state index is 12.0. The molecular formula is C15H15ClN2O4S. The van der Waals surface area contributed by atoms with Crippen molar-refractivity contribution < 1.29 is 19.1 Å². The van der Waals surface area contributed by atoms with E-state index in [0.717, 1.165) is 0 Å². The fraction of sp³-hybridized carbons (Fsp3) is 0.200. The second-order valence-electron chi connectivity index (χ2n) is 4.40. The Morgan fingerprint density at radius 3 is 2.57 bits per heavy atom. The first kappa shape index (κ1) is 17.1. The van der Waals surface area contributed by atoms with Gasteiger partial charge in [0.05, 0.1) is 36.4 Å². The molecule has 122 valence electrons. The van der Waals surface area contributed by atoms with Crippen LogP contribution in [0.4, 0.5) is 5.69 Å². The van der Waals surface area contributed by atoms with Gasteiger partial charge in [-0.3, -0.25) is 9.59 Å². The van der Waals surface area contributed by atoms with Crippen molar-refractivity contribution in [1.82, 2.24) is 5.32 Å². The second kappa shape index (κ2) is 7.85. The third-order valence-electron chi connectivity index (χ3n) is 2.90. The first-order chi connectivity index (χ1) is 11.0. The van der Waals surface area contributed by atoms with Crippen LogP contribution in [0.25, 0.3) is 0 Å². The number of methoxy groups -OCH3 is 2. The van der Waals surface area contributed by atoms with Crippen LogP contribution in [0.1, 0.15) is 9.67 Å². The zero-order valence-electron chi connectivity index (χ0n) is 12.5. The van der Waals surface area contributed by atoms with Crippen molar-refractivity contribution in [2.45, 2.75) is 0 Å². The number of benzene rings is 1. The first-order valence-corrected chi connectivity index (χ1v) is 7.84. The van der Waals surface area contributed by atoms with Gasteiger partial charge in [0.15, 0.2) is 0 Å². The summed E-state index contributed by atoms with van der Waals surface area (Å²) in [4.78, 5) is 24.3. The standard InChI is InChI=1S/C15H15ClN2O4S/c1-21-11-7-10(12(22-2)6-9(11)16)18-14(19)8-17-15(20)13-4-3-5-23-13/h3-7H,8H2,1-2H3,(H,17,20)(H,18,19). The maximum Gasteiger partial charge on any atom is 0.261 e. The molecule has 0 aliphatic rings. The predicted octanol–water partition coefficient (Wildman–Crippen LogP) is 2.79. The molecule has 0 bridgehead atoms. The van der Waals surface area contributed by atoms with E-state index in [9.17, 15) is 9.59 Å². The number of hydrogen-bond acceptors (Lipinski definition) is 5. The fourth-order valence-electron chi connectivity index (χ4n) is 1.81. The average molecular weight is 355 g/mol. The number of rotatable bonds is 6. The van der Waals surface area contributed by atoms with Gasteiger partial charge < -0.3 is 20.1 Å².